The van der Waals surface area contributed by atoms with Gasteiger partial charge in [-0.25, -0.2) is 0 Å². The van der Waals surface area contributed by atoms with E-state index in [0.717, 1.165) is 17.7 Å². The number of hydrogen-bond acceptors (Lipinski definition) is 6. The van der Waals surface area contributed by atoms with Crippen LogP contribution in [-0.4, -0.2) is 30.0 Å². The molecule has 11 heteroatoms. The molecular weight excluding hydrogens is 409 g/mol. The van der Waals surface area contributed by atoms with E-state index >= 15 is 0 Å². The lowest BCUT2D eigenvalue weighted by Crippen LogP contribution is -2.23. The summed E-state index contributed by atoms with van der Waals surface area (Å²) in [7, 11) is 0. The molecule has 0 saturated heterocycles. The van der Waals surface area contributed by atoms with Gasteiger partial charge in [0.15, 0.2) is 6.61 Å². The van der Waals surface area contributed by atoms with Crippen LogP contribution in [0.4, 0.5) is 24.5 Å². The average molecular weight is 426 g/mol. The number of halogens is 3. The molecule has 1 amide bonds. The summed E-state index contributed by atoms with van der Waals surface area (Å²) >= 11 is 0. The molecule has 0 radical (unpaired) electrons. The van der Waals surface area contributed by atoms with E-state index in [1.54, 1.807) is 12.1 Å². The number of amides is 1. The number of ether oxygens (including phenoxy) is 2. The highest BCUT2D eigenvalue weighted by atomic mass is 19.4. The number of nitrogens with zero attached hydrogens (tertiary/aromatic N) is 1. The van der Waals surface area contributed by atoms with Gasteiger partial charge in [-0.2, -0.15) is 13.2 Å². The molecule has 0 fully saturated rings. The number of benzene rings is 2. The van der Waals surface area contributed by atoms with Gasteiger partial charge in [-0.1, -0.05) is 17.7 Å². The summed E-state index contributed by atoms with van der Waals surface area (Å²) in [6.07, 6.45) is -5.11. The molecule has 0 heterocycles. The molecule has 0 aliphatic rings. The summed E-state index contributed by atoms with van der Waals surface area (Å²) in [6, 6.07) is 8.98. The summed E-state index contributed by atoms with van der Waals surface area (Å²) < 4.78 is 49.3. The number of nitrogens with one attached hydrogen (secondary N) is 1. The molecule has 0 unspecified atom stereocenters. The molecule has 8 nitrogen and oxygen atoms in total. The van der Waals surface area contributed by atoms with Crippen LogP contribution in [0.1, 0.15) is 17.5 Å². The number of aryl methyl sites for hydroxylation is 1. The van der Waals surface area contributed by atoms with Crippen molar-refractivity contribution in [2.24, 2.45) is 0 Å². The second kappa shape index (κ2) is 9.72. The van der Waals surface area contributed by atoms with Gasteiger partial charge in [0.1, 0.15) is 5.75 Å². The molecule has 2 aromatic carbocycles. The van der Waals surface area contributed by atoms with Crippen LogP contribution in [-0.2, 0) is 20.5 Å². The van der Waals surface area contributed by atoms with Gasteiger partial charge in [0.25, 0.3) is 11.6 Å². The largest absolute Gasteiger partial charge is 0.493 e. The number of alkyl halides is 3. The fraction of sp³-hybridized carbons (Fsp3) is 0.263. The Hall–Kier alpha value is -3.63. The maximum atomic E-state index is 13.1. The fourth-order valence-corrected chi connectivity index (χ4v) is 2.28. The molecule has 0 aromatic heterocycles. The van der Waals surface area contributed by atoms with Crippen LogP contribution in [0.25, 0.3) is 0 Å². The van der Waals surface area contributed by atoms with Gasteiger partial charge >= 0.3 is 12.1 Å². The van der Waals surface area contributed by atoms with E-state index in [-0.39, 0.29) is 13.0 Å². The molecule has 0 aliphatic carbocycles. The van der Waals surface area contributed by atoms with Crippen molar-refractivity contribution in [3.05, 3.63) is 63.7 Å². The van der Waals surface area contributed by atoms with Gasteiger partial charge in [0, 0.05) is 12.1 Å². The Morgan fingerprint density at radius 1 is 1.13 bits per heavy atom. The van der Waals surface area contributed by atoms with Crippen LogP contribution in [0.2, 0.25) is 0 Å². The number of carbonyl (C=O) groups is 2. The lowest BCUT2D eigenvalue weighted by atomic mass is 10.1. The van der Waals surface area contributed by atoms with Crippen molar-refractivity contribution < 1.29 is 37.2 Å². The van der Waals surface area contributed by atoms with E-state index in [1.165, 1.54) is 0 Å². The highest BCUT2D eigenvalue weighted by Gasteiger charge is 2.35. The number of esters is 1. The maximum Gasteiger partial charge on any atom is 0.418 e. The van der Waals surface area contributed by atoms with Crippen LogP contribution in [0.5, 0.6) is 5.75 Å². The lowest BCUT2D eigenvalue weighted by molar-refractivity contribution is -0.385. The third-order valence-electron chi connectivity index (χ3n) is 3.75. The summed E-state index contributed by atoms with van der Waals surface area (Å²) in [6.45, 7) is 1.07. The average Bonchev–Trinajstić information content (AvgIpc) is 2.67. The predicted molar refractivity (Wildman–Crippen MR) is 99.0 cm³/mol. The highest BCUT2D eigenvalue weighted by molar-refractivity contribution is 5.93. The van der Waals surface area contributed by atoms with E-state index in [4.69, 9.17) is 9.47 Å². The van der Waals surface area contributed by atoms with Gasteiger partial charge in [0.2, 0.25) is 0 Å². The predicted octanol–water partition coefficient (Wildman–Crippen LogP) is 3.87. The Kier molecular flexibility index (Phi) is 7.34. The highest BCUT2D eigenvalue weighted by Crippen LogP contribution is 2.37. The van der Waals surface area contributed by atoms with Crippen molar-refractivity contribution in [2.45, 2.75) is 19.5 Å². The smallest absolute Gasteiger partial charge is 0.418 e. The number of nitro groups is 1. The molecular formula is C19H17F3N2O6. The fourth-order valence-electron chi connectivity index (χ4n) is 2.28. The summed E-state index contributed by atoms with van der Waals surface area (Å²) in [5, 5.41) is 12.6. The van der Waals surface area contributed by atoms with Crippen LogP contribution in [0, 0.1) is 17.0 Å². The molecule has 2 rings (SSSR count). The molecule has 0 atom stereocenters. The first kappa shape index (κ1) is 22.7. The molecule has 0 aliphatic heterocycles. The summed E-state index contributed by atoms with van der Waals surface area (Å²) in [4.78, 5) is 33.2. The van der Waals surface area contributed by atoms with Gasteiger partial charge in [0.05, 0.1) is 29.2 Å². The normalized spacial score (nSPS) is 10.9. The Morgan fingerprint density at radius 2 is 1.80 bits per heavy atom. The molecule has 160 valence electrons. The first-order valence-electron chi connectivity index (χ1n) is 8.57. The van der Waals surface area contributed by atoms with Crippen molar-refractivity contribution in [3.63, 3.8) is 0 Å². The first-order valence-corrected chi connectivity index (χ1v) is 8.57. The molecule has 30 heavy (non-hydrogen) atoms. The quantitative estimate of drug-likeness (QED) is 0.390. The lowest BCUT2D eigenvalue weighted by Gasteiger charge is -2.13. The minimum atomic E-state index is -4.93. The van der Waals surface area contributed by atoms with Gasteiger partial charge < -0.3 is 14.8 Å². The number of nitro benzene ring substituents is 1. The Balaban J connectivity index is 1.86. The number of non-ortho nitro benzene ring substituents is 1. The summed E-state index contributed by atoms with van der Waals surface area (Å²) in [5.41, 5.74) is -1.81. The number of carbonyl (C=O) groups excluding carboxylic acids is 2. The number of hydrogen-bond donors (Lipinski definition) is 1. The zero-order valence-electron chi connectivity index (χ0n) is 15.7. The standard InChI is InChI=1S/C19H17F3N2O6/c1-12-2-5-14(6-3-12)29-9-8-18(26)30-11-17(25)23-16-7-4-13(24(27)28)10-15(16)19(20,21)22/h2-7,10H,8-9,11H2,1H3,(H,23,25). The number of anilines is 1. The van der Waals surface area contributed by atoms with E-state index < -0.39 is 46.5 Å². The van der Waals surface area contributed by atoms with Crippen molar-refractivity contribution in [1.82, 2.24) is 0 Å². The summed E-state index contributed by atoms with van der Waals surface area (Å²) in [5.74, 6) is -1.26. The van der Waals surface area contributed by atoms with Crippen molar-refractivity contribution in [1.29, 1.82) is 0 Å². The van der Waals surface area contributed by atoms with Gasteiger partial charge in [-0.3, -0.25) is 19.7 Å². The van der Waals surface area contributed by atoms with E-state index in [2.05, 4.69) is 0 Å². The van der Waals surface area contributed by atoms with Crippen LogP contribution in [0.3, 0.4) is 0 Å². The molecule has 0 bridgehead atoms. The van der Waals surface area contributed by atoms with Crippen LogP contribution in [0.15, 0.2) is 42.5 Å². The van der Waals surface area contributed by atoms with Crippen molar-refractivity contribution in [2.75, 3.05) is 18.5 Å². The zero-order chi connectivity index (χ0) is 22.3. The van der Waals surface area contributed by atoms with Gasteiger partial charge in [-0.05, 0) is 25.1 Å². The molecule has 0 spiro atoms. The molecule has 1 N–H and O–H groups in total. The molecule has 2 aromatic rings. The third kappa shape index (κ3) is 6.76. The van der Waals surface area contributed by atoms with Crippen molar-refractivity contribution >= 4 is 23.3 Å². The topological polar surface area (TPSA) is 108 Å². The van der Waals surface area contributed by atoms with E-state index in [0.29, 0.717) is 11.8 Å². The monoisotopic (exact) mass is 426 g/mol. The maximum absolute atomic E-state index is 13.1. The first-order chi connectivity index (χ1) is 14.1. The second-order valence-corrected chi connectivity index (χ2v) is 6.11. The minimum Gasteiger partial charge on any atom is -0.493 e. The van der Waals surface area contributed by atoms with E-state index in [1.807, 2.05) is 24.4 Å². The Labute approximate surface area is 168 Å². The van der Waals surface area contributed by atoms with Crippen LogP contribution < -0.4 is 10.1 Å². The SMILES string of the molecule is Cc1ccc(OCCC(=O)OCC(=O)Nc2ccc([N+](=O)[O-])cc2C(F)(F)F)cc1. The van der Waals surface area contributed by atoms with E-state index in [9.17, 15) is 32.9 Å². The number of rotatable bonds is 8. The Morgan fingerprint density at radius 3 is 2.40 bits per heavy atom. The molecule has 0 saturated carbocycles. The van der Waals surface area contributed by atoms with Crippen LogP contribution >= 0.6 is 0 Å². The van der Waals surface area contributed by atoms with Crippen molar-refractivity contribution in [3.8, 4) is 5.75 Å². The third-order valence-corrected chi connectivity index (χ3v) is 3.75. The minimum absolute atomic E-state index is 0.00983. The van der Waals surface area contributed by atoms with Gasteiger partial charge in [-0.15, -0.1) is 0 Å². The Bertz CT molecular complexity index is 929. The second-order valence-electron chi connectivity index (χ2n) is 6.11. The zero-order valence-corrected chi connectivity index (χ0v) is 15.7.